The second kappa shape index (κ2) is 12.5. The van der Waals surface area contributed by atoms with Crippen molar-refractivity contribution in [3.05, 3.63) is 71.9 Å². The van der Waals surface area contributed by atoms with Crippen LogP contribution in [-0.2, 0) is 32.0 Å². The molecule has 3 atom stereocenters. The summed E-state index contributed by atoms with van der Waals surface area (Å²) < 4.78 is 0. The lowest BCUT2D eigenvalue weighted by molar-refractivity contribution is -0.142. The van der Waals surface area contributed by atoms with Crippen LogP contribution in [-0.4, -0.2) is 70.2 Å². The first-order valence-corrected chi connectivity index (χ1v) is 11.3. The first-order valence-electron chi connectivity index (χ1n) is 11.3. The van der Waals surface area contributed by atoms with Gasteiger partial charge < -0.3 is 36.9 Å². The second-order valence-electron chi connectivity index (χ2n) is 8.22. The van der Waals surface area contributed by atoms with Gasteiger partial charge in [-0.15, -0.1) is 0 Å². The number of rotatable bonds is 12. The molecule has 36 heavy (non-hydrogen) atoms. The third-order valence-corrected chi connectivity index (χ3v) is 5.65. The monoisotopic (exact) mass is 495 g/mol. The third kappa shape index (κ3) is 6.90. The lowest BCUT2D eigenvalue weighted by Crippen LogP contribution is -2.57. The molecule has 11 nitrogen and oxygen atoms in total. The summed E-state index contributed by atoms with van der Waals surface area (Å²) in [5.74, 6) is -3.42. The highest BCUT2D eigenvalue weighted by atomic mass is 16.4. The Morgan fingerprint density at radius 2 is 1.47 bits per heavy atom. The van der Waals surface area contributed by atoms with E-state index in [1.807, 2.05) is 24.3 Å². The summed E-state index contributed by atoms with van der Waals surface area (Å²) in [7, 11) is 0. The van der Waals surface area contributed by atoms with Gasteiger partial charge in [0.2, 0.25) is 17.7 Å². The highest BCUT2D eigenvalue weighted by molar-refractivity contribution is 5.94. The molecule has 8 N–H and O–H groups in total. The Balaban J connectivity index is 1.83. The van der Waals surface area contributed by atoms with Crippen LogP contribution in [0.25, 0.3) is 10.9 Å². The highest BCUT2D eigenvalue weighted by Crippen LogP contribution is 2.19. The van der Waals surface area contributed by atoms with Gasteiger partial charge in [0.1, 0.15) is 18.1 Å². The minimum Gasteiger partial charge on any atom is -0.480 e. The summed E-state index contributed by atoms with van der Waals surface area (Å²) in [4.78, 5) is 52.7. The van der Waals surface area contributed by atoms with Crippen molar-refractivity contribution in [2.75, 3.05) is 13.2 Å². The van der Waals surface area contributed by atoms with Gasteiger partial charge >= 0.3 is 5.97 Å². The van der Waals surface area contributed by atoms with E-state index in [0.29, 0.717) is 11.1 Å². The number of carboxylic acids is 1. The Hall–Kier alpha value is -4.22. The van der Waals surface area contributed by atoms with Gasteiger partial charge in [0.25, 0.3) is 0 Å². The molecule has 2 aromatic carbocycles. The second-order valence-corrected chi connectivity index (χ2v) is 8.22. The molecule has 190 valence electrons. The standard InChI is InChI=1S/C25H29N5O6/c26-12-22(32)28-21(14-31)24(34)29-19(11-16-13-27-18-9-5-4-8-17(16)18)23(33)30-20(25(35)36)10-15-6-2-1-3-7-15/h1-9,13,19-21,27,31H,10-12,14,26H2,(H,28,32)(H,29,34)(H,30,33)(H,35,36). The molecule has 0 fully saturated rings. The molecular formula is C25H29N5O6. The Kier molecular flexibility index (Phi) is 9.14. The smallest absolute Gasteiger partial charge is 0.326 e. The summed E-state index contributed by atoms with van der Waals surface area (Å²) in [5, 5.41) is 27.4. The van der Waals surface area contributed by atoms with Crippen molar-refractivity contribution in [2.45, 2.75) is 31.0 Å². The van der Waals surface area contributed by atoms with Gasteiger partial charge in [-0.25, -0.2) is 4.79 Å². The number of benzene rings is 2. The van der Waals surface area contributed by atoms with Crippen molar-refractivity contribution < 1.29 is 29.4 Å². The number of aromatic nitrogens is 1. The van der Waals surface area contributed by atoms with E-state index < -0.39 is 48.4 Å². The van der Waals surface area contributed by atoms with Crippen molar-refractivity contribution in [3.8, 4) is 0 Å². The molecule has 0 aliphatic heterocycles. The number of hydrogen-bond donors (Lipinski definition) is 7. The van der Waals surface area contributed by atoms with E-state index in [1.54, 1.807) is 36.5 Å². The van der Waals surface area contributed by atoms with Crippen LogP contribution in [0.4, 0.5) is 0 Å². The number of aromatic amines is 1. The number of nitrogens with one attached hydrogen (secondary N) is 4. The number of carboxylic acid groups (broad SMARTS) is 1. The predicted molar refractivity (Wildman–Crippen MR) is 132 cm³/mol. The number of amides is 3. The molecule has 3 unspecified atom stereocenters. The Bertz CT molecular complexity index is 1210. The molecule has 3 amide bonds. The number of carbonyl (C=O) groups is 4. The first kappa shape index (κ1) is 26.4. The van der Waals surface area contributed by atoms with Crippen LogP contribution in [0.5, 0.6) is 0 Å². The van der Waals surface area contributed by atoms with Gasteiger partial charge in [-0.1, -0.05) is 48.5 Å². The summed E-state index contributed by atoms with van der Waals surface area (Å²) in [6, 6.07) is 12.4. The number of aliphatic hydroxyl groups is 1. The normalized spacial score (nSPS) is 13.4. The minimum atomic E-state index is -1.33. The fraction of sp³-hybridized carbons (Fsp3) is 0.280. The number of aliphatic carboxylic acids is 1. The minimum absolute atomic E-state index is 0.0300. The van der Waals surface area contributed by atoms with E-state index in [-0.39, 0.29) is 19.4 Å². The fourth-order valence-corrected chi connectivity index (χ4v) is 3.77. The van der Waals surface area contributed by atoms with Gasteiger partial charge in [-0.05, 0) is 17.2 Å². The number of nitrogens with two attached hydrogens (primary N) is 1. The van der Waals surface area contributed by atoms with Crippen molar-refractivity contribution in [3.63, 3.8) is 0 Å². The van der Waals surface area contributed by atoms with Crippen LogP contribution in [0.15, 0.2) is 60.8 Å². The van der Waals surface area contributed by atoms with Crippen LogP contribution < -0.4 is 21.7 Å². The SMILES string of the molecule is NCC(=O)NC(CO)C(=O)NC(Cc1c[nH]c2ccccc12)C(=O)NC(Cc1ccccc1)C(=O)O. The van der Waals surface area contributed by atoms with Crippen LogP contribution >= 0.6 is 0 Å². The third-order valence-electron chi connectivity index (χ3n) is 5.65. The molecule has 0 radical (unpaired) electrons. The van der Waals surface area contributed by atoms with Crippen molar-refractivity contribution in [2.24, 2.45) is 5.73 Å². The zero-order valence-electron chi connectivity index (χ0n) is 19.4. The molecule has 0 saturated heterocycles. The largest absolute Gasteiger partial charge is 0.480 e. The quantitative estimate of drug-likeness (QED) is 0.175. The van der Waals surface area contributed by atoms with E-state index in [9.17, 15) is 29.4 Å². The molecule has 0 saturated carbocycles. The number of hydrogen-bond acceptors (Lipinski definition) is 6. The maximum absolute atomic E-state index is 13.3. The Morgan fingerprint density at radius 1 is 0.833 bits per heavy atom. The predicted octanol–water partition coefficient (Wildman–Crippen LogP) is -0.557. The average Bonchev–Trinajstić information content (AvgIpc) is 3.29. The molecule has 3 rings (SSSR count). The molecule has 0 spiro atoms. The van der Waals surface area contributed by atoms with Gasteiger partial charge in [0, 0.05) is 29.9 Å². The number of H-pyrrole nitrogens is 1. The van der Waals surface area contributed by atoms with Crippen molar-refractivity contribution in [1.29, 1.82) is 0 Å². The Labute approximate surface area is 207 Å². The number of aliphatic hydroxyl groups excluding tert-OH is 1. The maximum atomic E-state index is 13.3. The van der Waals surface area contributed by atoms with Crippen LogP contribution in [0, 0.1) is 0 Å². The summed E-state index contributed by atoms with van der Waals surface area (Å²) in [5.41, 5.74) is 7.52. The summed E-state index contributed by atoms with van der Waals surface area (Å²) >= 11 is 0. The number of para-hydroxylation sites is 1. The van der Waals surface area contributed by atoms with Crippen LogP contribution in [0.2, 0.25) is 0 Å². The van der Waals surface area contributed by atoms with Crippen molar-refractivity contribution in [1.82, 2.24) is 20.9 Å². The van der Waals surface area contributed by atoms with Gasteiger partial charge in [-0.2, -0.15) is 0 Å². The van der Waals surface area contributed by atoms with E-state index in [0.717, 1.165) is 10.9 Å². The average molecular weight is 496 g/mol. The topological polar surface area (TPSA) is 187 Å². The molecule has 11 heteroatoms. The lowest BCUT2D eigenvalue weighted by atomic mass is 10.0. The molecule has 1 aromatic heterocycles. The molecule has 0 aliphatic rings. The Morgan fingerprint density at radius 3 is 2.14 bits per heavy atom. The molecule has 1 heterocycles. The van der Waals surface area contributed by atoms with Crippen molar-refractivity contribution >= 4 is 34.6 Å². The zero-order valence-corrected chi connectivity index (χ0v) is 19.4. The molecule has 0 aliphatic carbocycles. The summed E-state index contributed by atoms with van der Waals surface area (Å²) in [6.45, 7) is -1.10. The number of fused-ring (bicyclic) bond motifs is 1. The zero-order chi connectivity index (χ0) is 26.1. The van der Waals surface area contributed by atoms with Gasteiger partial charge in [0.15, 0.2) is 0 Å². The van der Waals surface area contributed by atoms with Crippen LogP contribution in [0.1, 0.15) is 11.1 Å². The summed E-state index contributed by atoms with van der Waals surface area (Å²) in [6.07, 6.45) is 1.78. The van der Waals surface area contributed by atoms with E-state index in [4.69, 9.17) is 5.73 Å². The fourth-order valence-electron chi connectivity index (χ4n) is 3.77. The molecule has 3 aromatic rings. The van der Waals surface area contributed by atoms with Crippen LogP contribution in [0.3, 0.4) is 0 Å². The first-order chi connectivity index (χ1) is 17.3. The van der Waals surface area contributed by atoms with E-state index in [1.165, 1.54) is 0 Å². The van der Waals surface area contributed by atoms with E-state index in [2.05, 4.69) is 20.9 Å². The van der Waals surface area contributed by atoms with E-state index >= 15 is 0 Å². The number of carbonyl (C=O) groups excluding carboxylic acids is 3. The highest BCUT2D eigenvalue weighted by Gasteiger charge is 2.30. The maximum Gasteiger partial charge on any atom is 0.326 e. The van der Waals surface area contributed by atoms with Gasteiger partial charge in [0.05, 0.1) is 13.2 Å². The van der Waals surface area contributed by atoms with Gasteiger partial charge in [-0.3, -0.25) is 14.4 Å². The lowest BCUT2D eigenvalue weighted by Gasteiger charge is -2.24. The molecular weight excluding hydrogens is 466 g/mol. The molecule has 0 bridgehead atoms.